The topological polar surface area (TPSA) is 52.3 Å². The Kier molecular flexibility index (Phi) is 3.87. The van der Waals surface area contributed by atoms with Gasteiger partial charge in [0.05, 0.1) is 11.6 Å². The van der Waals surface area contributed by atoms with Gasteiger partial charge in [0.2, 0.25) is 0 Å². The fourth-order valence-corrected chi connectivity index (χ4v) is 2.87. The highest BCUT2D eigenvalue weighted by Crippen LogP contribution is 2.39. The summed E-state index contributed by atoms with van der Waals surface area (Å²) < 4.78 is 31.9. The molecule has 2 unspecified atom stereocenters. The molecule has 1 fully saturated rings. The van der Waals surface area contributed by atoms with E-state index in [4.69, 9.17) is 10.5 Å². The first-order valence-corrected chi connectivity index (χ1v) is 6.54. The molecule has 6 heteroatoms. The molecule has 1 heterocycles. The summed E-state index contributed by atoms with van der Waals surface area (Å²) in [5, 5.41) is -1.06. The third kappa shape index (κ3) is 2.64. The smallest absolute Gasteiger partial charge is 0.338 e. The summed E-state index contributed by atoms with van der Waals surface area (Å²) >= 11 is 1.04. The van der Waals surface area contributed by atoms with E-state index < -0.39 is 23.2 Å². The highest BCUT2D eigenvalue weighted by Gasteiger charge is 2.51. The number of halogens is 2. The summed E-state index contributed by atoms with van der Waals surface area (Å²) in [6.07, 6.45) is 0. The third-order valence-electron chi connectivity index (χ3n) is 2.78. The van der Waals surface area contributed by atoms with Crippen molar-refractivity contribution in [3.05, 3.63) is 35.9 Å². The summed E-state index contributed by atoms with van der Waals surface area (Å²) in [6.45, 7) is -0.320. The largest absolute Gasteiger partial charge is 0.461 e. The average Bonchev–Trinajstić information content (AvgIpc) is 2.63. The minimum atomic E-state index is -2.98. The minimum Gasteiger partial charge on any atom is -0.461 e. The minimum absolute atomic E-state index is 0.181. The van der Waals surface area contributed by atoms with Crippen LogP contribution in [0.25, 0.3) is 0 Å². The van der Waals surface area contributed by atoms with Gasteiger partial charge < -0.3 is 10.5 Å². The molecule has 0 spiro atoms. The second-order valence-electron chi connectivity index (χ2n) is 4.07. The maximum Gasteiger partial charge on any atom is 0.338 e. The standard InChI is InChI=1S/C12H13F2NO2S/c13-12(14)9(15)7-18-10(12)6-17-11(16)8-4-2-1-3-5-8/h1-5,9-10H,6-7,15H2. The number of alkyl halides is 2. The molecule has 0 radical (unpaired) electrons. The lowest BCUT2D eigenvalue weighted by Gasteiger charge is -2.20. The molecule has 0 amide bonds. The second-order valence-corrected chi connectivity index (χ2v) is 5.30. The van der Waals surface area contributed by atoms with Crippen LogP contribution in [0.2, 0.25) is 0 Å². The van der Waals surface area contributed by atoms with Crippen LogP contribution in [0.3, 0.4) is 0 Å². The summed E-state index contributed by atoms with van der Waals surface area (Å²) in [5.41, 5.74) is 5.66. The van der Waals surface area contributed by atoms with Crippen molar-refractivity contribution in [3.8, 4) is 0 Å². The molecule has 18 heavy (non-hydrogen) atoms. The number of nitrogens with two attached hydrogens (primary N) is 1. The van der Waals surface area contributed by atoms with Crippen LogP contribution >= 0.6 is 11.8 Å². The lowest BCUT2D eigenvalue weighted by atomic mass is 10.1. The molecular weight excluding hydrogens is 260 g/mol. The molecule has 1 saturated heterocycles. The summed E-state index contributed by atoms with van der Waals surface area (Å²) in [4.78, 5) is 11.6. The Morgan fingerprint density at radius 2 is 2.11 bits per heavy atom. The number of ether oxygens (including phenoxy) is 1. The molecule has 1 aliphatic rings. The third-order valence-corrected chi connectivity index (χ3v) is 4.18. The summed E-state index contributed by atoms with van der Waals surface area (Å²) in [7, 11) is 0. The lowest BCUT2D eigenvalue weighted by Crippen LogP contribution is -2.45. The van der Waals surface area contributed by atoms with Crippen LogP contribution in [0.4, 0.5) is 8.78 Å². The molecule has 0 aromatic heterocycles. The molecule has 1 aromatic carbocycles. The Labute approximate surface area is 108 Å². The van der Waals surface area contributed by atoms with Crippen LogP contribution in [0, 0.1) is 0 Å². The van der Waals surface area contributed by atoms with Crippen molar-refractivity contribution in [1.29, 1.82) is 0 Å². The fourth-order valence-electron chi connectivity index (χ4n) is 1.65. The van der Waals surface area contributed by atoms with Gasteiger partial charge in [-0.15, -0.1) is 11.8 Å². The van der Waals surface area contributed by atoms with Crippen molar-refractivity contribution in [2.24, 2.45) is 5.73 Å². The van der Waals surface area contributed by atoms with Gasteiger partial charge in [0.15, 0.2) is 0 Å². The zero-order valence-electron chi connectivity index (χ0n) is 9.51. The number of thioether (sulfide) groups is 1. The number of hydrogen-bond donors (Lipinski definition) is 1. The van der Waals surface area contributed by atoms with Gasteiger partial charge in [0.25, 0.3) is 5.92 Å². The highest BCUT2D eigenvalue weighted by molar-refractivity contribution is 8.00. The molecule has 0 aliphatic carbocycles. The highest BCUT2D eigenvalue weighted by atomic mass is 32.2. The van der Waals surface area contributed by atoms with Crippen LogP contribution in [0.1, 0.15) is 10.4 Å². The van der Waals surface area contributed by atoms with E-state index >= 15 is 0 Å². The number of hydrogen-bond acceptors (Lipinski definition) is 4. The van der Waals surface area contributed by atoms with Gasteiger partial charge in [0, 0.05) is 5.75 Å². The number of carbonyl (C=O) groups excluding carboxylic acids is 1. The number of benzene rings is 1. The average molecular weight is 273 g/mol. The van der Waals surface area contributed by atoms with E-state index in [0.717, 1.165) is 11.8 Å². The maximum atomic E-state index is 13.5. The maximum absolute atomic E-state index is 13.5. The Balaban J connectivity index is 1.91. The Bertz CT molecular complexity index is 427. The molecule has 0 saturated carbocycles. The van der Waals surface area contributed by atoms with Crippen molar-refractivity contribution in [2.75, 3.05) is 12.4 Å². The predicted octanol–water partition coefficient (Wildman–Crippen LogP) is 1.92. The Morgan fingerprint density at radius 3 is 2.67 bits per heavy atom. The zero-order valence-corrected chi connectivity index (χ0v) is 10.3. The molecule has 1 aromatic rings. The summed E-state index contributed by atoms with van der Waals surface area (Å²) in [5.74, 6) is -3.39. The van der Waals surface area contributed by atoms with E-state index in [0.29, 0.717) is 5.56 Å². The number of rotatable bonds is 3. The van der Waals surface area contributed by atoms with Gasteiger partial charge in [-0.2, -0.15) is 0 Å². The molecule has 2 N–H and O–H groups in total. The first-order chi connectivity index (χ1) is 8.51. The fraction of sp³-hybridized carbons (Fsp3) is 0.417. The van der Waals surface area contributed by atoms with Gasteiger partial charge >= 0.3 is 5.97 Å². The molecular formula is C12H13F2NO2S. The van der Waals surface area contributed by atoms with Crippen LogP contribution < -0.4 is 5.73 Å². The van der Waals surface area contributed by atoms with Crippen molar-refractivity contribution in [2.45, 2.75) is 17.2 Å². The number of esters is 1. The quantitative estimate of drug-likeness (QED) is 0.855. The predicted molar refractivity (Wildman–Crippen MR) is 65.9 cm³/mol. The monoisotopic (exact) mass is 273 g/mol. The second kappa shape index (κ2) is 5.24. The van der Waals surface area contributed by atoms with E-state index in [-0.39, 0.29) is 12.4 Å². The van der Waals surface area contributed by atoms with Gasteiger partial charge in [0.1, 0.15) is 11.9 Å². The summed E-state index contributed by atoms with van der Waals surface area (Å²) in [6, 6.07) is 7.12. The lowest BCUT2D eigenvalue weighted by molar-refractivity contribution is -0.0288. The molecule has 3 nitrogen and oxygen atoms in total. The first kappa shape index (κ1) is 13.3. The van der Waals surface area contributed by atoms with Gasteiger partial charge in [-0.1, -0.05) is 18.2 Å². The van der Waals surface area contributed by atoms with Crippen molar-refractivity contribution < 1.29 is 18.3 Å². The normalized spacial score (nSPS) is 25.9. The van der Waals surface area contributed by atoms with Gasteiger partial charge in [-0.3, -0.25) is 0 Å². The van der Waals surface area contributed by atoms with Crippen LogP contribution in [-0.4, -0.2) is 35.5 Å². The van der Waals surface area contributed by atoms with E-state index in [9.17, 15) is 13.6 Å². The number of carbonyl (C=O) groups is 1. The van der Waals surface area contributed by atoms with Crippen molar-refractivity contribution in [1.82, 2.24) is 0 Å². The molecule has 98 valence electrons. The van der Waals surface area contributed by atoms with Crippen LogP contribution in [0.5, 0.6) is 0 Å². The Hall–Kier alpha value is -1.14. The SMILES string of the molecule is NC1CSC(COC(=O)c2ccccc2)C1(F)F. The van der Waals surface area contributed by atoms with Crippen LogP contribution in [0.15, 0.2) is 30.3 Å². The molecule has 1 aliphatic heterocycles. The van der Waals surface area contributed by atoms with E-state index in [1.807, 2.05) is 0 Å². The molecule has 0 bridgehead atoms. The van der Waals surface area contributed by atoms with E-state index in [1.54, 1.807) is 30.3 Å². The van der Waals surface area contributed by atoms with Crippen molar-refractivity contribution in [3.63, 3.8) is 0 Å². The van der Waals surface area contributed by atoms with E-state index in [1.165, 1.54) is 0 Å². The van der Waals surface area contributed by atoms with E-state index in [2.05, 4.69) is 0 Å². The van der Waals surface area contributed by atoms with Crippen LogP contribution in [-0.2, 0) is 4.74 Å². The molecule has 2 atom stereocenters. The first-order valence-electron chi connectivity index (χ1n) is 5.49. The molecule has 2 rings (SSSR count). The van der Waals surface area contributed by atoms with Gasteiger partial charge in [-0.05, 0) is 12.1 Å². The van der Waals surface area contributed by atoms with Crippen molar-refractivity contribution >= 4 is 17.7 Å². The zero-order chi connectivity index (χ0) is 13.2. The Morgan fingerprint density at radius 1 is 1.44 bits per heavy atom. The van der Waals surface area contributed by atoms with Gasteiger partial charge in [-0.25, -0.2) is 13.6 Å².